The second-order valence-corrected chi connectivity index (χ2v) is 10.1. The summed E-state index contributed by atoms with van der Waals surface area (Å²) in [7, 11) is 5.26. The number of benzene rings is 2. The Balaban J connectivity index is 1.72. The van der Waals surface area contributed by atoms with Gasteiger partial charge in [0.15, 0.2) is 0 Å². The highest BCUT2D eigenvalue weighted by atomic mass is 31.0. The van der Waals surface area contributed by atoms with E-state index < -0.39 is 0 Å². The number of methoxy groups -OCH3 is 2. The standard InChI is InChI=1S/C30H41N2O7P/c1-4-5-6-8-27(39-21-22-10-16-25(36-2)17-11-22)23-12-14-24(15-13-23)31-26(29(34)32(40)30(31)35)18-20-38-19-7-9-28(33)37-3/h10-17,27,34H,4-9,18-21,40H2,1-3H3. The molecule has 2 unspecified atom stereocenters. The highest BCUT2D eigenvalue weighted by molar-refractivity contribution is 7.14. The summed E-state index contributed by atoms with van der Waals surface area (Å²) < 4.78 is 24.5. The van der Waals surface area contributed by atoms with Gasteiger partial charge in [0.25, 0.3) is 0 Å². The lowest BCUT2D eigenvalue weighted by molar-refractivity contribution is -0.141. The number of carbonyl (C=O) groups is 1. The summed E-state index contributed by atoms with van der Waals surface area (Å²) in [5.41, 5.74) is 2.83. The fraction of sp³-hybridized carbons (Fsp3) is 0.467. The molecule has 0 aliphatic carbocycles. The Morgan fingerprint density at radius 2 is 1.73 bits per heavy atom. The van der Waals surface area contributed by atoms with Crippen molar-refractivity contribution in [3.05, 3.63) is 75.8 Å². The van der Waals surface area contributed by atoms with Crippen LogP contribution in [-0.4, -0.2) is 47.4 Å². The topological polar surface area (TPSA) is 101 Å². The van der Waals surface area contributed by atoms with Crippen LogP contribution < -0.4 is 10.4 Å². The number of hydrogen-bond acceptors (Lipinski definition) is 7. The van der Waals surface area contributed by atoms with E-state index in [1.165, 1.54) is 11.7 Å². The normalized spacial score (nSPS) is 11.9. The quantitative estimate of drug-likeness (QED) is 0.132. The van der Waals surface area contributed by atoms with Gasteiger partial charge in [0.2, 0.25) is 5.88 Å². The van der Waals surface area contributed by atoms with Gasteiger partial charge < -0.3 is 24.1 Å². The Labute approximate surface area is 238 Å². The lowest BCUT2D eigenvalue weighted by Gasteiger charge is -2.19. The average Bonchev–Trinajstić information content (AvgIpc) is 3.20. The van der Waals surface area contributed by atoms with Crippen LogP contribution in [0.5, 0.6) is 11.6 Å². The molecule has 2 aromatic carbocycles. The number of carbonyl (C=O) groups excluding carboxylic acids is 1. The van der Waals surface area contributed by atoms with Crippen LogP contribution >= 0.6 is 9.39 Å². The number of esters is 1. The van der Waals surface area contributed by atoms with Crippen LogP contribution in [0.3, 0.4) is 0 Å². The monoisotopic (exact) mass is 572 g/mol. The van der Waals surface area contributed by atoms with Gasteiger partial charge in [0.1, 0.15) is 5.75 Å². The molecule has 1 N–H and O–H groups in total. The van der Waals surface area contributed by atoms with Gasteiger partial charge in [-0.25, -0.2) is 9.13 Å². The van der Waals surface area contributed by atoms with Crippen molar-refractivity contribution >= 4 is 15.4 Å². The predicted octanol–water partition coefficient (Wildman–Crippen LogP) is 5.34. The van der Waals surface area contributed by atoms with Crippen molar-refractivity contribution in [2.45, 2.75) is 64.6 Å². The van der Waals surface area contributed by atoms with E-state index in [2.05, 4.69) is 21.1 Å². The molecule has 2 atom stereocenters. The van der Waals surface area contributed by atoms with Crippen molar-refractivity contribution in [3.8, 4) is 17.3 Å². The summed E-state index contributed by atoms with van der Waals surface area (Å²) in [6, 6.07) is 15.6. The minimum atomic E-state index is -0.369. The molecule has 0 spiro atoms. The third-order valence-electron chi connectivity index (χ3n) is 6.74. The molecular weight excluding hydrogens is 531 g/mol. The van der Waals surface area contributed by atoms with E-state index in [1.807, 2.05) is 48.5 Å². The number of nitrogens with zero attached hydrogens (tertiary/aromatic N) is 2. The molecule has 0 amide bonds. The molecule has 3 aromatic rings. The van der Waals surface area contributed by atoms with Crippen LogP contribution in [0.25, 0.3) is 5.69 Å². The fourth-order valence-electron chi connectivity index (χ4n) is 4.42. The summed E-state index contributed by atoms with van der Waals surface area (Å²) in [6.07, 6.45) is 5.26. The molecule has 0 bridgehead atoms. The van der Waals surface area contributed by atoms with Crippen LogP contribution in [0, 0.1) is 0 Å². The number of ether oxygens (including phenoxy) is 4. The Morgan fingerprint density at radius 1 is 1.00 bits per heavy atom. The van der Waals surface area contributed by atoms with Crippen LogP contribution in [-0.2, 0) is 32.0 Å². The molecule has 0 aliphatic rings. The molecule has 218 valence electrons. The van der Waals surface area contributed by atoms with Gasteiger partial charge in [0, 0.05) is 19.4 Å². The average molecular weight is 573 g/mol. The van der Waals surface area contributed by atoms with Crippen LogP contribution in [0.4, 0.5) is 0 Å². The third-order valence-corrected chi connectivity index (χ3v) is 7.20. The van der Waals surface area contributed by atoms with E-state index in [-0.39, 0.29) is 30.1 Å². The lowest BCUT2D eigenvalue weighted by atomic mass is 10.0. The third kappa shape index (κ3) is 8.68. The first-order valence-corrected chi connectivity index (χ1v) is 14.2. The zero-order valence-corrected chi connectivity index (χ0v) is 24.8. The van der Waals surface area contributed by atoms with E-state index >= 15 is 0 Å². The van der Waals surface area contributed by atoms with E-state index in [0.29, 0.717) is 44.0 Å². The van der Waals surface area contributed by atoms with Gasteiger partial charge in [-0.1, -0.05) is 50.5 Å². The van der Waals surface area contributed by atoms with Crippen molar-refractivity contribution in [3.63, 3.8) is 0 Å². The van der Waals surface area contributed by atoms with Gasteiger partial charge in [0.05, 0.1) is 44.9 Å². The molecule has 10 heteroatoms. The molecule has 3 rings (SSSR count). The van der Waals surface area contributed by atoms with Gasteiger partial charge in [-0.05, 0) is 57.6 Å². The molecule has 0 fully saturated rings. The maximum absolute atomic E-state index is 13.0. The number of aromatic hydroxyl groups is 1. The number of aromatic nitrogens is 2. The summed E-state index contributed by atoms with van der Waals surface area (Å²) >= 11 is 0. The van der Waals surface area contributed by atoms with E-state index in [1.54, 1.807) is 7.11 Å². The predicted molar refractivity (Wildman–Crippen MR) is 157 cm³/mol. The highest BCUT2D eigenvalue weighted by Gasteiger charge is 2.19. The van der Waals surface area contributed by atoms with Crippen molar-refractivity contribution in [1.82, 2.24) is 8.90 Å². The second-order valence-electron chi connectivity index (χ2n) is 9.54. The lowest BCUT2D eigenvalue weighted by Crippen LogP contribution is -2.20. The molecular formula is C30H41N2O7P. The molecule has 0 radical (unpaired) electrons. The maximum atomic E-state index is 13.0. The molecule has 40 heavy (non-hydrogen) atoms. The number of rotatable bonds is 17. The maximum Gasteiger partial charge on any atom is 0.338 e. The fourth-order valence-corrected chi connectivity index (χ4v) is 4.68. The summed E-state index contributed by atoms with van der Waals surface area (Å²) in [5.74, 6) is 0.402. The SMILES string of the molecule is CCCCCC(OCc1ccc(OC)cc1)c1ccc(-n2c(CCOCCCC(=O)OC)c(O)n(P)c2=O)cc1. The first-order chi connectivity index (χ1) is 19.4. The van der Waals surface area contributed by atoms with Gasteiger partial charge >= 0.3 is 11.7 Å². The minimum Gasteiger partial charge on any atom is -0.497 e. The Kier molecular flexibility index (Phi) is 12.7. The Hall–Kier alpha value is -3.13. The van der Waals surface area contributed by atoms with E-state index in [9.17, 15) is 14.7 Å². The van der Waals surface area contributed by atoms with Crippen LogP contribution in [0.1, 0.15) is 68.4 Å². The first-order valence-electron chi connectivity index (χ1n) is 13.7. The van der Waals surface area contributed by atoms with Crippen LogP contribution in [0.2, 0.25) is 0 Å². The highest BCUT2D eigenvalue weighted by Crippen LogP contribution is 2.28. The van der Waals surface area contributed by atoms with Crippen molar-refractivity contribution in [2.75, 3.05) is 27.4 Å². The van der Waals surface area contributed by atoms with Gasteiger partial charge in [-0.3, -0.25) is 9.36 Å². The summed E-state index contributed by atoms with van der Waals surface area (Å²) in [5, 5.41) is 10.6. The van der Waals surface area contributed by atoms with E-state index in [4.69, 9.17) is 14.2 Å². The Bertz CT molecular complexity index is 1250. The van der Waals surface area contributed by atoms with Gasteiger partial charge in [-0.15, -0.1) is 0 Å². The zero-order chi connectivity index (χ0) is 28.9. The molecule has 1 aromatic heterocycles. The van der Waals surface area contributed by atoms with Crippen molar-refractivity contribution in [1.29, 1.82) is 0 Å². The Morgan fingerprint density at radius 3 is 2.38 bits per heavy atom. The molecule has 1 heterocycles. The first kappa shape index (κ1) is 31.4. The molecule has 0 saturated carbocycles. The van der Waals surface area contributed by atoms with E-state index in [0.717, 1.165) is 46.9 Å². The molecule has 0 aliphatic heterocycles. The largest absolute Gasteiger partial charge is 0.497 e. The summed E-state index contributed by atoms with van der Waals surface area (Å²) in [6.45, 7) is 3.33. The van der Waals surface area contributed by atoms with Crippen LogP contribution in [0.15, 0.2) is 53.3 Å². The molecule has 9 nitrogen and oxygen atoms in total. The smallest absolute Gasteiger partial charge is 0.338 e. The van der Waals surface area contributed by atoms with Gasteiger partial charge in [-0.2, -0.15) is 0 Å². The number of unbranched alkanes of at least 4 members (excludes halogenated alkanes) is 2. The van der Waals surface area contributed by atoms with Crippen molar-refractivity contribution in [2.24, 2.45) is 0 Å². The number of hydrogen-bond donors (Lipinski definition) is 1. The zero-order valence-electron chi connectivity index (χ0n) is 23.6. The minimum absolute atomic E-state index is 0.0861. The van der Waals surface area contributed by atoms with Crippen molar-refractivity contribution < 1.29 is 28.8 Å². The second kappa shape index (κ2) is 16.2. The molecule has 0 saturated heterocycles. The number of imidazole rings is 1. The summed E-state index contributed by atoms with van der Waals surface area (Å²) in [4.78, 5) is 24.2.